The summed E-state index contributed by atoms with van der Waals surface area (Å²) in [5.41, 5.74) is 41.2. The van der Waals surface area contributed by atoms with Crippen LogP contribution in [0.3, 0.4) is 0 Å². The molecule has 26 nitrogen and oxygen atoms in total. The fourth-order valence-electron chi connectivity index (χ4n) is 7.91. The summed E-state index contributed by atoms with van der Waals surface area (Å²) in [7, 11) is 0. The van der Waals surface area contributed by atoms with E-state index in [1.807, 2.05) is 18.2 Å². The molecule has 9 amide bonds. The van der Waals surface area contributed by atoms with Crippen LogP contribution in [0.1, 0.15) is 75.3 Å². The second kappa shape index (κ2) is 29.1. The van der Waals surface area contributed by atoms with Gasteiger partial charge in [-0.25, -0.2) is 0 Å². The Morgan fingerprint density at radius 2 is 1.25 bits per heavy atom. The van der Waals surface area contributed by atoms with E-state index in [0.29, 0.717) is 17.5 Å². The molecule has 1 aromatic heterocycles. The van der Waals surface area contributed by atoms with Gasteiger partial charge in [0, 0.05) is 56.0 Å². The van der Waals surface area contributed by atoms with Gasteiger partial charge in [-0.15, -0.1) is 0 Å². The standard InChI is InChI=1S/C47H69N17O9/c48-29(13-7-20-56-46(51)52)40(68)60-32-16-8-19-55-38(66)18-6-15-31(39(50)67)59-44(72)35(23-27-25-58-30-14-5-4-12-28(27)30)63-42(70)33(17-9-21-57-47(53)54)61-43(71)34(22-26-10-2-1-3-11-26)62-45(73)36(24-37(49)65)64-41(32)69/h1-5,10-12,14,25,29,31-36,58H,6-9,13,15-24,48H2,(H2,49,65)(H2,50,67)(H,55,66)(H,59,72)(H,60,68)(H,61,71)(H,62,73)(H,63,70)(H,64,69)(H4,51,52,56)(H4,53,54,57)/t29-,31-,32-,33-,34+,35-,36-/m0/s1. The average molecular weight is 1020 g/mol. The van der Waals surface area contributed by atoms with Crippen LogP contribution in [0, 0.1) is 0 Å². The predicted molar refractivity (Wildman–Crippen MR) is 271 cm³/mol. The van der Waals surface area contributed by atoms with Crippen molar-refractivity contribution in [1.82, 2.24) is 42.2 Å². The third kappa shape index (κ3) is 19.8. The van der Waals surface area contributed by atoms with Gasteiger partial charge in [-0.05, 0) is 68.6 Å². The molecule has 22 N–H and O–H groups in total. The number of primary amides is 2. The van der Waals surface area contributed by atoms with Gasteiger partial charge in [0.05, 0.1) is 12.5 Å². The van der Waals surface area contributed by atoms with Crippen LogP contribution in [0.25, 0.3) is 10.9 Å². The number of aromatic amines is 1. The van der Waals surface area contributed by atoms with Crippen molar-refractivity contribution in [3.05, 3.63) is 71.9 Å². The Morgan fingerprint density at radius 3 is 1.92 bits per heavy atom. The first-order valence-corrected chi connectivity index (χ1v) is 23.9. The van der Waals surface area contributed by atoms with E-state index in [9.17, 15) is 43.2 Å². The smallest absolute Gasteiger partial charge is 0.243 e. The Labute approximate surface area is 421 Å². The first-order valence-electron chi connectivity index (χ1n) is 23.9. The number of carbonyl (C=O) groups excluding carboxylic acids is 9. The molecule has 0 radical (unpaired) electrons. The third-order valence-electron chi connectivity index (χ3n) is 11.7. The number of nitrogens with one attached hydrogen (secondary N) is 8. The van der Waals surface area contributed by atoms with Crippen molar-refractivity contribution in [2.24, 2.45) is 50.1 Å². The summed E-state index contributed by atoms with van der Waals surface area (Å²) in [5, 5.41) is 19.2. The Morgan fingerprint density at radius 1 is 0.658 bits per heavy atom. The quantitative estimate of drug-likeness (QED) is 0.0346. The lowest BCUT2D eigenvalue weighted by atomic mass is 10.0. The van der Waals surface area contributed by atoms with E-state index < -0.39 is 102 Å². The van der Waals surface area contributed by atoms with Crippen LogP contribution in [-0.4, -0.2) is 132 Å². The Bertz CT molecular complexity index is 2460. The zero-order valence-corrected chi connectivity index (χ0v) is 40.5. The minimum absolute atomic E-state index is 0.00497. The second-order valence-electron chi connectivity index (χ2n) is 17.6. The predicted octanol–water partition coefficient (Wildman–Crippen LogP) is -4.26. The number of rotatable bonds is 17. The maximum Gasteiger partial charge on any atom is 0.243 e. The maximum atomic E-state index is 14.5. The van der Waals surface area contributed by atoms with Crippen molar-refractivity contribution in [1.29, 1.82) is 0 Å². The van der Waals surface area contributed by atoms with Crippen LogP contribution in [0.2, 0.25) is 0 Å². The van der Waals surface area contributed by atoms with Gasteiger partial charge >= 0.3 is 0 Å². The molecule has 1 aliphatic rings. The van der Waals surface area contributed by atoms with Crippen LogP contribution in [-0.2, 0) is 56.0 Å². The molecule has 2 heterocycles. The second-order valence-corrected chi connectivity index (χ2v) is 17.6. The summed E-state index contributed by atoms with van der Waals surface area (Å²) in [5.74, 6) is -7.94. The zero-order chi connectivity index (χ0) is 53.5. The van der Waals surface area contributed by atoms with Gasteiger partial charge in [0.25, 0.3) is 0 Å². The summed E-state index contributed by atoms with van der Waals surface area (Å²) in [6, 6.07) is 6.04. The maximum absolute atomic E-state index is 14.5. The molecule has 73 heavy (non-hydrogen) atoms. The SMILES string of the molecule is NC(=O)C[C@@H]1NC(=O)[C@@H](NC(=O)[C@@H](N)CCCN=C(N)N)CCCNC(=O)CCC[C@@H](C(N)=O)NC(=O)[C@H](Cc2c[nH]c3ccccc23)NC(=O)[C@H](CCCN=C(N)N)NC(=O)[C@@H](Cc2ccccc2)NC1=O. The Hall–Kier alpha value is -8.29. The summed E-state index contributed by atoms with van der Waals surface area (Å²) >= 11 is 0. The minimum Gasteiger partial charge on any atom is -0.370 e. The summed E-state index contributed by atoms with van der Waals surface area (Å²) in [6.45, 7) is 0.217. The Balaban J connectivity index is 1.74. The van der Waals surface area contributed by atoms with Crippen LogP contribution in [0.15, 0.2) is 70.8 Å². The number of fused-ring (bicyclic) bond motifs is 1. The van der Waals surface area contributed by atoms with E-state index in [1.54, 1.807) is 42.6 Å². The van der Waals surface area contributed by atoms with Gasteiger partial charge in [-0.2, -0.15) is 0 Å². The topological polar surface area (TPSA) is 460 Å². The molecule has 7 atom stereocenters. The molecule has 2 aromatic carbocycles. The monoisotopic (exact) mass is 1020 g/mol. The van der Waals surface area contributed by atoms with Crippen LogP contribution in [0.4, 0.5) is 0 Å². The van der Waals surface area contributed by atoms with E-state index in [0.717, 1.165) is 10.9 Å². The molecule has 0 bridgehead atoms. The number of para-hydroxylation sites is 1. The fraction of sp³-hybridized carbons (Fsp3) is 0.468. The van der Waals surface area contributed by atoms with Crippen LogP contribution < -0.4 is 77.4 Å². The van der Waals surface area contributed by atoms with E-state index >= 15 is 0 Å². The molecule has 1 aliphatic heterocycles. The number of H-pyrrole nitrogens is 1. The molecule has 396 valence electrons. The highest BCUT2D eigenvalue weighted by molar-refractivity contribution is 5.99. The van der Waals surface area contributed by atoms with E-state index in [1.165, 1.54) is 0 Å². The van der Waals surface area contributed by atoms with Gasteiger partial charge in [-0.1, -0.05) is 48.5 Å². The average Bonchev–Trinajstić information content (AvgIpc) is 3.75. The lowest BCUT2D eigenvalue weighted by Gasteiger charge is -2.28. The molecular weight excluding hydrogens is 947 g/mol. The normalized spacial score (nSPS) is 21.5. The first-order chi connectivity index (χ1) is 34.8. The number of carbonyl (C=O) groups is 9. The van der Waals surface area contributed by atoms with Crippen molar-refractivity contribution in [2.45, 2.75) is 119 Å². The summed E-state index contributed by atoms with van der Waals surface area (Å²) in [4.78, 5) is 134. The summed E-state index contributed by atoms with van der Waals surface area (Å²) in [6.07, 6.45) is 1.05. The molecule has 1 fully saturated rings. The molecule has 4 rings (SSSR count). The van der Waals surface area contributed by atoms with Gasteiger partial charge < -0.3 is 82.3 Å². The number of hydrogen-bond acceptors (Lipinski definition) is 12. The zero-order valence-electron chi connectivity index (χ0n) is 40.5. The third-order valence-corrected chi connectivity index (χ3v) is 11.7. The first kappa shape index (κ1) is 57.3. The number of guanidine groups is 2. The summed E-state index contributed by atoms with van der Waals surface area (Å²) < 4.78 is 0. The number of amides is 9. The number of aliphatic imine (C=N–C) groups is 2. The van der Waals surface area contributed by atoms with Gasteiger partial charge in [0.1, 0.15) is 36.3 Å². The van der Waals surface area contributed by atoms with Crippen molar-refractivity contribution in [2.75, 3.05) is 19.6 Å². The molecule has 1 saturated heterocycles. The fourth-order valence-corrected chi connectivity index (χ4v) is 7.91. The molecular formula is C47H69N17O9. The molecule has 26 heteroatoms. The lowest BCUT2D eigenvalue weighted by Crippen LogP contribution is -2.60. The molecule has 0 aliphatic carbocycles. The van der Waals surface area contributed by atoms with E-state index in [-0.39, 0.29) is 95.8 Å². The molecule has 0 saturated carbocycles. The number of nitrogens with two attached hydrogens (primary N) is 7. The molecule has 0 unspecified atom stereocenters. The van der Waals surface area contributed by atoms with E-state index in [2.05, 4.69) is 52.2 Å². The van der Waals surface area contributed by atoms with Gasteiger partial charge in [-0.3, -0.25) is 53.1 Å². The number of hydrogen-bond donors (Lipinski definition) is 15. The Kier molecular flexibility index (Phi) is 22.9. The highest BCUT2D eigenvalue weighted by atomic mass is 16.2. The largest absolute Gasteiger partial charge is 0.370 e. The van der Waals surface area contributed by atoms with Gasteiger partial charge in [0.15, 0.2) is 11.9 Å². The number of aromatic nitrogens is 1. The van der Waals surface area contributed by atoms with Crippen molar-refractivity contribution in [3.8, 4) is 0 Å². The molecule has 3 aromatic rings. The number of nitrogens with zero attached hydrogens (tertiary/aromatic N) is 2. The van der Waals surface area contributed by atoms with E-state index in [4.69, 9.17) is 40.1 Å². The lowest BCUT2D eigenvalue weighted by molar-refractivity contribution is -0.136. The van der Waals surface area contributed by atoms with Crippen LogP contribution in [0.5, 0.6) is 0 Å². The van der Waals surface area contributed by atoms with Crippen molar-refractivity contribution >= 4 is 76.0 Å². The van der Waals surface area contributed by atoms with Crippen molar-refractivity contribution < 1.29 is 43.2 Å². The van der Waals surface area contributed by atoms with Crippen molar-refractivity contribution in [3.63, 3.8) is 0 Å². The highest BCUT2D eigenvalue weighted by Crippen LogP contribution is 2.20. The van der Waals surface area contributed by atoms with Crippen LogP contribution >= 0.6 is 0 Å². The highest BCUT2D eigenvalue weighted by Gasteiger charge is 2.35. The number of benzene rings is 2. The molecule has 0 spiro atoms. The van der Waals surface area contributed by atoms with Gasteiger partial charge in [0.2, 0.25) is 53.2 Å². The minimum atomic E-state index is -1.69.